The lowest BCUT2D eigenvalue weighted by atomic mass is 10.1. The molecule has 1 heterocycles. The molecule has 0 amide bonds. The maximum Gasteiger partial charge on any atom is 0.132 e. The first-order valence-corrected chi connectivity index (χ1v) is 7.16. The minimum Gasteiger partial charge on any atom is -0.487 e. The van der Waals surface area contributed by atoms with Gasteiger partial charge < -0.3 is 10.5 Å². The van der Waals surface area contributed by atoms with E-state index in [1.54, 1.807) is 6.07 Å². The van der Waals surface area contributed by atoms with Crippen molar-refractivity contribution in [3.05, 3.63) is 47.5 Å². The fourth-order valence-electron chi connectivity index (χ4n) is 2.09. The van der Waals surface area contributed by atoms with Crippen molar-refractivity contribution in [2.24, 2.45) is 5.73 Å². The topological polar surface area (TPSA) is 53.1 Å². The molecular formula is C16H22FN3O. The monoisotopic (exact) mass is 291 g/mol. The number of benzene rings is 1. The van der Waals surface area contributed by atoms with Gasteiger partial charge in [-0.3, -0.25) is 4.68 Å². The Morgan fingerprint density at radius 3 is 2.67 bits per heavy atom. The van der Waals surface area contributed by atoms with Crippen LogP contribution in [-0.4, -0.2) is 15.8 Å². The zero-order valence-electron chi connectivity index (χ0n) is 12.7. The number of hydrogen-bond donors (Lipinski definition) is 1. The largest absolute Gasteiger partial charge is 0.487 e. The van der Waals surface area contributed by atoms with Crippen molar-refractivity contribution in [2.75, 3.05) is 0 Å². The van der Waals surface area contributed by atoms with Crippen LogP contribution in [0, 0.1) is 5.82 Å². The van der Waals surface area contributed by atoms with Crippen molar-refractivity contribution in [1.82, 2.24) is 9.78 Å². The third-order valence-electron chi connectivity index (χ3n) is 3.13. The molecule has 0 fully saturated rings. The van der Waals surface area contributed by atoms with E-state index in [0.29, 0.717) is 24.8 Å². The molecule has 1 atom stereocenters. The normalized spacial score (nSPS) is 12.7. The van der Waals surface area contributed by atoms with Crippen molar-refractivity contribution in [2.45, 2.75) is 45.9 Å². The minimum atomic E-state index is -0.276. The van der Waals surface area contributed by atoms with Gasteiger partial charge in [0.2, 0.25) is 0 Å². The molecule has 114 valence electrons. The van der Waals surface area contributed by atoms with E-state index in [0.717, 1.165) is 11.3 Å². The van der Waals surface area contributed by atoms with Crippen LogP contribution < -0.4 is 10.5 Å². The molecule has 1 unspecified atom stereocenters. The van der Waals surface area contributed by atoms with E-state index in [9.17, 15) is 4.39 Å². The highest BCUT2D eigenvalue weighted by Gasteiger charge is 2.09. The highest BCUT2D eigenvalue weighted by molar-refractivity contribution is 5.34. The average Bonchev–Trinajstić information content (AvgIpc) is 2.86. The van der Waals surface area contributed by atoms with Crippen LogP contribution in [0.5, 0.6) is 5.75 Å². The van der Waals surface area contributed by atoms with E-state index in [1.807, 2.05) is 23.9 Å². The Kier molecular flexibility index (Phi) is 4.96. The van der Waals surface area contributed by atoms with Gasteiger partial charge in [-0.1, -0.05) is 0 Å². The summed E-state index contributed by atoms with van der Waals surface area (Å²) < 4.78 is 21.0. The second-order valence-corrected chi connectivity index (χ2v) is 5.60. The number of ether oxygens (including phenoxy) is 1. The first kappa shape index (κ1) is 15.5. The van der Waals surface area contributed by atoms with E-state index >= 15 is 0 Å². The van der Waals surface area contributed by atoms with Crippen LogP contribution >= 0.6 is 0 Å². The van der Waals surface area contributed by atoms with E-state index in [1.165, 1.54) is 12.1 Å². The van der Waals surface area contributed by atoms with Gasteiger partial charge in [-0.05, 0) is 57.0 Å². The summed E-state index contributed by atoms with van der Waals surface area (Å²) in [5.41, 5.74) is 7.43. The zero-order valence-corrected chi connectivity index (χ0v) is 12.7. The van der Waals surface area contributed by atoms with Gasteiger partial charge in [0.05, 0.1) is 5.69 Å². The third-order valence-corrected chi connectivity index (χ3v) is 3.13. The van der Waals surface area contributed by atoms with Gasteiger partial charge in [0.1, 0.15) is 18.2 Å². The molecule has 0 saturated carbocycles. The van der Waals surface area contributed by atoms with Gasteiger partial charge in [-0.15, -0.1) is 0 Å². The van der Waals surface area contributed by atoms with E-state index in [-0.39, 0.29) is 11.9 Å². The summed E-state index contributed by atoms with van der Waals surface area (Å²) >= 11 is 0. The molecule has 21 heavy (non-hydrogen) atoms. The lowest BCUT2D eigenvalue weighted by molar-refractivity contribution is 0.294. The van der Waals surface area contributed by atoms with Crippen LogP contribution in [0.3, 0.4) is 0 Å². The number of nitrogens with zero attached hydrogens (tertiary/aromatic N) is 2. The molecule has 0 aliphatic rings. The first-order chi connectivity index (χ1) is 9.95. The Labute approximate surface area is 124 Å². The molecule has 2 rings (SSSR count). The van der Waals surface area contributed by atoms with Crippen molar-refractivity contribution < 1.29 is 9.13 Å². The minimum absolute atomic E-state index is 0.0469. The first-order valence-electron chi connectivity index (χ1n) is 7.16. The molecule has 1 aromatic heterocycles. The second-order valence-electron chi connectivity index (χ2n) is 5.60. The van der Waals surface area contributed by atoms with Gasteiger partial charge in [-0.2, -0.15) is 5.10 Å². The smallest absolute Gasteiger partial charge is 0.132 e. The van der Waals surface area contributed by atoms with Gasteiger partial charge in [0.25, 0.3) is 0 Å². The fourth-order valence-corrected chi connectivity index (χ4v) is 2.09. The number of rotatable bonds is 6. The lowest BCUT2D eigenvalue weighted by Gasteiger charge is -2.12. The number of nitrogens with two attached hydrogens (primary N) is 1. The van der Waals surface area contributed by atoms with Crippen LogP contribution in [0.4, 0.5) is 4.39 Å². The van der Waals surface area contributed by atoms with Gasteiger partial charge in [-0.25, -0.2) is 4.39 Å². The van der Waals surface area contributed by atoms with Crippen LogP contribution in [0.2, 0.25) is 0 Å². The predicted octanol–water partition coefficient (Wildman–Crippen LogP) is 3.07. The van der Waals surface area contributed by atoms with Crippen molar-refractivity contribution >= 4 is 0 Å². The predicted molar refractivity (Wildman–Crippen MR) is 80.7 cm³/mol. The lowest BCUT2D eigenvalue weighted by Crippen LogP contribution is -2.18. The SMILES string of the molecule is CC(N)Cc1cc(F)ccc1OCc1ccn(C(C)C)n1. The van der Waals surface area contributed by atoms with Crippen molar-refractivity contribution in [3.63, 3.8) is 0 Å². The molecule has 1 aromatic carbocycles. The second kappa shape index (κ2) is 6.72. The van der Waals surface area contributed by atoms with Crippen molar-refractivity contribution in [3.8, 4) is 5.75 Å². The summed E-state index contributed by atoms with van der Waals surface area (Å²) in [7, 11) is 0. The van der Waals surface area contributed by atoms with Crippen LogP contribution in [0.1, 0.15) is 38.1 Å². The summed E-state index contributed by atoms with van der Waals surface area (Å²) in [5.74, 6) is 0.384. The molecular weight excluding hydrogens is 269 g/mol. The maximum atomic E-state index is 13.3. The summed E-state index contributed by atoms with van der Waals surface area (Å²) in [6, 6.07) is 6.71. The van der Waals surface area contributed by atoms with Gasteiger partial charge in [0.15, 0.2) is 0 Å². The Morgan fingerprint density at radius 2 is 2.05 bits per heavy atom. The molecule has 0 spiro atoms. The third kappa shape index (κ3) is 4.29. The summed E-state index contributed by atoms with van der Waals surface area (Å²) in [6.07, 6.45) is 2.50. The standard InChI is InChI=1S/C16H22FN3O/c1-11(2)20-7-6-15(19-20)10-21-16-5-4-14(17)9-13(16)8-12(3)18/h4-7,9,11-12H,8,10,18H2,1-3H3. The molecule has 2 aromatic rings. The molecule has 0 saturated heterocycles. The number of hydrogen-bond acceptors (Lipinski definition) is 3. The molecule has 2 N–H and O–H groups in total. The van der Waals surface area contributed by atoms with Gasteiger partial charge >= 0.3 is 0 Å². The van der Waals surface area contributed by atoms with E-state index < -0.39 is 0 Å². The molecule has 4 nitrogen and oxygen atoms in total. The molecule has 5 heteroatoms. The van der Waals surface area contributed by atoms with E-state index in [2.05, 4.69) is 18.9 Å². The molecule has 0 bridgehead atoms. The summed E-state index contributed by atoms with van der Waals surface area (Å²) in [6.45, 7) is 6.38. The van der Waals surface area contributed by atoms with Gasteiger partial charge in [0, 0.05) is 18.3 Å². The Morgan fingerprint density at radius 1 is 1.29 bits per heavy atom. The quantitative estimate of drug-likeness (QED) is 0.890. The summed E-state index contributed by atoms with van der Waals surface area (Å²) in [5, 5.41) is 4.43. The van der Waals surface area contributed by atoms with Crippen molar-refractivity contribution in [1.29, 1.82) is 0 Å². The van der Waals surface area contributed by atoms with Crippen LogP contribution in [-0.2, 0) is 13.0 Å². The highest BCUT2D eigenvalue weighted by atomic mass is 19.1. The average molecular weight is 291 g/mol. The maximum absolute atomic E-state index is 13.3. The Balaban J connectivity index is 2.08. The zero-order chi connectivity index (χ0) is 15.4. The Bertz CT molecular complexity index is 593. The number of aromatic nitrogens is 2. The Hall–Kier alpha value is -1.88. The molecule has 0 aliphatic carbocycles. The molecule has 0 aliphatic heterocycles. The summed E-state index contributed by atoms with van der Waals surface area (Å²) in [4.78, 5) is 0. The van der Waals surface area contributed by atoms with Crippen LogP contribution in [0.15, 0.2) is 30.5 Å². The fraction of sp³-hybridized carbons (Fsp3) is 0.438. The van der Waals surface area contributed by atoms with E-state index in [4.69, 9.17) is 10.5 Å². The number of halogens is 1. The highest BCUT2D eigenvalue weighted by Crippen LogP contribution is 2.22. The molecule has 0 radical (unpaired) electrons. The van der Waals surface area contributed by atoms with Crippen LogP contribution in [0.25, 0.3) is 0 Å².